The number of nitrogens with two attached hydrogens (primary N) is 1. The first kappa shape index (κ1) is 11.7. The van der Waals surface area contributed by atoms with Gasteiger partial charge in [0.25, 0.3) is 0 Å². The number of fused-ring (bicyclic) bond motifs is 1. The van der Waals surface area contributed by atoms with Crippen LogP contribution in [0.5, 0.6) is 0 Å². The van der Waals surface area contributed by atoms with Crippen LogP contribution in [0, 0.1) is 0 Å². The Morgan fingerprint density at radius 1 is 1.40 bits per heavy atom. The summed E-state index contributed by atoms with van der Waals surface area (Å²) in [5, 5.41) is 12.6. The number of thioether (sulfide) groups is 1. The molecule has 0 bridgehead atoms. The fourth-order valence-electron chi connectivity index (χ4n) is 2.01. The van der Waals surface area contributed by atoms with Gasteiger partial charge in [0.05, 0.1) is 11.8 Å². The number of hydrogen-bond donors (Lipinski definition) is 1. The van der Waals surface area contributed by atoms with E-state index in [1.807, 2.05) is 10.7 Å². The Hall–Kier alpha value is -2.09. The quantitative estimate of drug-likeness (QED) is 0.579. The van der Waals surface area contributed by atoms with Crippen molar-refractivity contribution in [3.8, 4) is 0 Å². The Bertz CT molecular complexity index is 762. The van der Waals surface area contributed by atoms with E-state index in [-0.39, 0.29) is 0 Å². The minimum Gasteiger partial charge on any atom is -0.440 e. The van der Waals surface area contributed by atoms with Crippen LogP contribution in [0.25, 0.3) is 11.1 Å². The highest BCUT2D eigenvalue weighted by Gasteiger charge is 2.28. The predicted molar refractivity (Wildman–Crippen MR) is 74.1 cm³/mol. The van der Waals surface area contributed by atoms with Crippen LogP contribution in [0.1, 0.15) is 24.8 Å². The number of anilines is 1. The van der Waals surface area contributed by atoms with Crippen molar-refractivity contribution >= 4 is 28.5 Å². The van der Waals surface area contributed by atoms with Crippen molar-refractivity contribution in [3.63, 3.8) is 0 Å². The molecule has 1 saturated carbocycles. The van der Waals surface area contributed by atoms with E-state index in [9.17, 15) is 0 Å². The highest BCUT2D eigenvalue weighted by atomic mass is 32.2. The van der Waals surface area contributed by atoms with Crippen LogP contribution in [0.3, 0.4) is 0 Å². The fraction of sp³-hybridized carbons (Fsp3) is 0.333. The summed E-state index contributed by atoms with van der Waals surface area (Å²) in [7, 11) is 0. The molecule has 20 heavy (non-hydrogen) atoms. The van der Waals surface area contributed by atoms with Gasteiger partial charge in [0.2, 0.25) is 11.0 Å². The second kappa shape index (κ2) is 4.48. The molecule has 0 spiro atoms. The minimum absolute atomic E-state index is 0.468. The van der Waals surface area contributed by atoms with Crippen molar-refractivity contribution < 1.29 is 4.42 Å². The summed E-state index contributed by atoms with van der Waals surface area (Å²) >= 11 is 1.53. The number of rotatable bonds is 4. The number of hydrogen-bond acceptors (Lipinski definition) is 7. The van der Waals surface area contributed by atoms with Crippen LogP contribution in [-0.2, 0) is 5.75 Å². The molecule has 1 aliphatic rings. The molecule has 0 saturated heterocycles. The molecule has 1 aromatic carbocycles. The maximum Gasteiger partial charge on any atom is 0.210 e. The lowest BCUT2D eigenvalue weighted by Crippen LogP contribution is -1.98. The van der Waals surface area contributed by atoms with E-state index < -0.39 is 0 Å². The van der Waals surface area contributed by atoms with E-state index in [4.69, 9.17) is 10.2 Å². The molecule has 0 unspecified atom stereocenters. The lowest BCUT2D eigenvalue weighted by atomic mass is 10.3. The van der Waals surface area contributed by atoms with Crippen molar-refractivity contribution in [2.75, 3.05) is 5.73 Å². The molecular weight excluding hydrogens is 276 g/mol. The van der Waals surface area contributed by atoms with Gasteiger partial charge in [-0.05, 0) is 41.5 Å². The number of oxazole rings is 1. The number of nitrogens with zero attached hydrogens (tertiary/aromatic N) is 5. The highest BCUT2D eigenvalue weighted by Crippen LogP contribution is 2.37. The van der Waals surface area contributed by atoms with Gasteiger partial charge >= 0.3 is 0 Å². The van der Waals surface area contributed by atoms with Crippen molar-refractivity contribution in [1.29, 1.82) is 0 Å². The van der Waals surface area contributed by atoms with Crippen molar-refractivity contribution in [3.05, 3.63) is 24.1 Å². The molecule has 7 nitrogen and oxygen atoms in total. The zero-order chi connectivity index (χ0) is 13.5. The molecule has 2 heterocycles. The summed E-state index contributed by atoms with van der Waals surface area (Å²) in [5.41, 5.74) is 7.94. The molecule has 2 N–H and O–H groups in total. The second-order valence-electron chi connectivity index (χ2n) is 4.76. The van der Waals surface area contributed by atoms with E-state index >= 15 is 0 Å². The summed E-state index contributed by atoms with van der Waals surface area (Å²) in [5.74, 6) is 1.25. The van der Waals surface area contributed by atoms with Crippen LogP contribution in [0.15, 0.2) is 27.8 Å². The van der Waals surface area contributed by atoms with Crippen LogP contribution in [0.4, 0.5) is 5.69 Å². The maximum absolute atomic E-state index is 5.73. The SMILES string of the molecule is Nc1ccc2oc(CSc3nnnn3C3CC3)nc2c1. The summed E-state index contributed by atoms with van der Waals surface area (Å²) in [4.78, 5) is 4.42. The summed E-state index contributed by atoms with van der Waals surface area (Å²) in [6, 6.07) is 5.91. The lowest BCUT2D eigenvalue weighted by molar-refractivity contribution is 0.551. The zero-order valence-corrected chi connectivity index (χ0v) is 11.4. The molecular formula is C12H12N6OS. The van der Waals surface area contributed by atoms with Crippen LogP contribution in [-0.4, -0.2) is 25.2 Å². The van der Waals surface area contributed by atoms with Crippen LogP contribution >= 0.6 is 11.8 Å². The molecule has 0 atom stereocenters. The van der Waals surface area contributed by atoms with Crippen molar-refractivity contribution in [2.24, 2.45) is 0 Å². The average molecular weight is 288 g/mol. The predicted octanol–water partition coefficient (Wildman–Crippen LogP) is 2.02. The second-order valence-corrected chi connectivity index (χ2v) is 5.70. The molecule has 0 amide bonds. The molecule has 2 aromatic heterocycles. The molecule has 102 valence electrons. The first-order valence-corrected chi connectivity index (χ1v) is 7.34. The smallest absolute Gasteiger partial charge is 0.210 e. The first-order valence-electron chi connectivity index (χ1n) is 6.35. The van der Waals surface area contributed by atoms with E-state index in [1.165, 1.54) is 11.8 Å². The Kier molecular flexibility index (Phi) is 2.62. The van der Waals surface area contributed by atoms with Crippen molar-refractivity contribution in [1.82, 2.24) is 25.2 Å². The molecule has 0 aliphatic heterocycles. The van der Waals surface area contributed by atoms with Gasteiger partial charge < -0.3 is 10.2 Å². The molecule has 0 radical (unpaired) electrons. The number of tetrazole rings is 1. The van der Waals surface area contributed by atoms with Gasteiger partial charge in [0.15, 0.2) is 5.58 Å². The third-order valence-corrected chi connectivity index (χ3v) is 4.05. The van der Waals surface area contributed by atoms with Gasteiger partial charge in [-0.3, -0.25) is 0 Å². The average Bonchev–Trinajstić information content (AvgIpc) is 3.03. The number of nitrogen functional groups attached to an aromatic ring is 1. The van der Waals surface area contributed by atoms with Gasteiger partial charge in [0, 0.05) is 5.69 Å². The Labute approximate surface area is 118 Å². The summed E-state index contributed by atoms with van der Waals surface area (Å²) < 4.78 is 7.55. The number of aromatic nitrogens is 5. The highest BCUT2D eigenvalue weighted by molar-refractivity contribution is 7.98. The van der Waals surface area contributed by atoms with Gasteiger partial charge in [0.1, 0.15) is 5.52 Å². The lowest BCUT2D eigenvalue weighted by Gasteiger charge is -1.99. The normalized spacial score (nSPS) is 15.0. The number of benzene rings is 1. The van der Waals surface area contributed by atoms with E-state index in [0.29, 0.717) is 23.4 Å². The fourth-order valence-corrected chi connectivity index (χ4v) is 2.80. The third kappa shape index (κ3) is 2.11. The molecule has 4 rings (SSSR count). The summed E-state index contributed by atoms with van der Waals surface area (Å²) in [6.45, 7) is 0. The first-order chi connectivity index (χ1) is 9.79. The van der Waals surface area contributed by atoms with E-state index in [0.717, 1.165) is 29.1 Å². The molecule has 1 fully saturated rings. The largest absolute Gasteiger partial charge is 0.440 e. The zero-order valence-electron chi connectivity index (χ0n) is 10.6. The van der Waals surface area contributed by atoms with Crippen molar-refractivity contribution in [2.45, 2.75) is 29.8 Å². The Morgan fingerprint density at radius 2 is 2.30 bits per heavy atom. The van der Waals surface area contributed by atoms with Gasteiger partial charge in [-0.15, -0.1) is 5.10 Å². The van der Waals surface area contributed by atoms with E-state index in [2.05, 4.69) is 20.5 Å². The topological polar surface area (TPSA) is 95.6 Å². The Morgan fingerprint density at radius 3 is 3.15 bits per heavy atom. The van der Waals surface area contributed by atoms with E-state index in [1.54, 1.807) is 12.1 Å². The van der Waals surface area contributed by atoms with Crippen LogP contribution in [0.2, 0.25) is 0 Å². The van der Waals surface area contributed by atoms with Crippen LogP contribution < -0.4 is 5.73 Å². The third-order valence-electron chi connectivity index (χ3n) is 3.14. The standard InChI is InChI=1S/C12H12N6OS/c13-7-1-4-10-9(5-7)14-11(19-10)6-20-12-15-16-17-18(12)8-2-3-8/h1,4-5,8H,2-3,6,13H2. The summed E-state index contributed by atoms with van der Waals surface area (Å²) in [6.07, 6.45) is 2.31. The maximum atomic E-state index is 5.73. The molecule has 1 aliphatic carbocycles. The minimum atomic E-state index is 0.468. The van der Waals surface area contributed by atoms with Gasteiger partial charge in [-0.25, -0.2) is 9.67 Å². The molecule has 8 heteroatoms. The molecule has 3 aromatic rings. The monoisotopic (exact) mass is 288 g/mol. The van der Waals surface area contributed by atoms with Gasteiger partial charge in [-0.2, -0.15) is 0 Å². The Balaban J connectivity index is 1.53. The van der Waals surface area contributed by atoms with Gasteiger partial charge in [-0.1, -0.05) is 11.8 Å².